The molecule has 3 heterocycles. The van der Waals surface area contributed by atoms with Gasteiger partial charge in [-0.3, -0.25) is 4.79 Å². The first-order valence-corrected chi connectivity index (χ1v) is 7.60. The standard InChI is InChI=1S/C15H20N4O2/c1-10-4-13(15(21)2-3-15)17-14(16-10)19-7-11-5-18(9-20)6-12(11)8-19/h4,9,11-12,21H,2-3,5-8H2,1H3/t11-,12+. The predicted molar refractivity (Wildman–Crippen MR) is 76.7 cm³/mol. The molecule has 2 saturated heterocycles. The van der Waals surface area contributed by atoms with Crippen LogP contribution in [0.3, 0.4) is 0 Å². The Morgan fingerprint density at radius 3 is 2.48 bits per heavy atom. The molecule has 1 aliphatic carbocycles. The summed E-state index contributed by atoms with van der Waals surface area (Å²) in [6, 6.07) is 1.89. The lowest BCUT2D eigenvalue weighted by Gasteiger charge is -2.21. The second-order valence-electron chi connectivity index (χ2n) is 6.71. The number of aromatic nitrogens is 2. The monoisotopic (exact) mass is 288 g/mol. The van der Waals surface area contributed by atoms with Crippen LogP contribution in [-0.2, 0) is 10.4 Å². The summed E-state index contributed by atoms with van der Waals surface area (Å²) in [5.74, 6) is 1.77. The summed E-state index contributed by atoms with van der Waals surface area (Å²) in [4.78, 5) is 24.1. The van der Waals surface area contributed by atoms with Gasteiger partial charge in [0.25, 0.3) is 0 Å². The lowest BCUT2D eigenvalue weighted by Crippen LogP contribution is -2.29. The lowest BCUT2D eigenvalue weighted by molar-refractivity contribution is -0.117. The molecule has 0 unspecified atom stereocenters. The Kier molecular flexibility index (Phi) is 2.73. The Hall–Kier alpha value is -1.69. The average molecular weight is 288 g/mol. The summed E-state index contributed by atoms with van der Waals surface area (Å²) in [6.07, 6.45) is 2.54. The molecule has 0 radical (unpaired) electrons. The van der Waals surface area contributed by atoms with E-state index >= 15 is 0 Å². The summed E-state index contributed by atoms with van der Waals surface area (Å²) in [5, 5.41) is 10.3. The number of hydrogen-bond donors (Lipinski definition) is 1. The molecule has 1 aromatic heterocycles. The number of amides is 1. The average Bonchev–Trinajstić information content (AvgIpc) is 2.93. The molecule has 2 atom stereocenters. The molecule has 6 heteroatoms. The topological polar surface area (TPSA) is 69.6 Å². The molecule has 1 saturated carbocycles. The zero-order valence-electron chi connectivity index (χ0n) is 12.2. The molecule has 3 aliphatic rings. The number of carbonyl (C=O) groups is 1. The van der Waals surface area contributed by atoms with Gasteiger partial charge >= 0.3 is 0 Å². The Bertz CT molecular complexity index is 573. The molecule has 1 amide bonds. The smallest absolute Gasteiger partial charge is 0.225 e. The number of fused-ring (bicyclic) bond motifs is 1. The molecule has 0 bridgehead atoms. The van der Waals surface area contributed by atoms with Crippen molar-refractivity contribution in [3.8, 4) is 0 Å². The van der Waals surface area contributed by atoms with Crippen molar-refractivity contribution < 1.29 is 9.90 Å². The summed E-state index contributed by atoms with van der Waals surface area (Å²) >= 11 is 0. The molecule has 1 aromatic rings. The fraction of sp³-hybridized carbons (Fsp3) is 0.667. The first-order valence-electron chi connectivity index (χ1n) is 7.60. The van der Waals surface area contributed by atoms with E-state index in [2.05, 4.69) is 14.9 Å². The quantitative estimate of drug-likeness (QED) is 0.810. The van der Waals surface area contributed by atoms with Crippen molar-refractivity contribution in [1.29, 1.82) is 0 Å². The van der Waals surface area contributed by atoms with E-state index in [9.17, 15) is 9.90 Å². The van der Waals surface area contributed by atoms with Crippen LogP contribution in [0.1, 0.15) is 24.2 Å². The summed E-state index contributed by atoms with van der Waals surface area (Å²) in [5.41, 5.74) is 0.949. The number of nitrogens with zero attached hydrogens (tertiary/aromatic N) is 4. The molecular formula is C15H20N4O2. The molecule has 6 nitrogen and oxygen atoms in total. The fourth-order valence-corrected chi connectivity index (χ4v) is 3.59. The van der Waals surface area contributed by atoms with Crippen LogP contribution in [0, 0.1) is 18.8 Å². The van der Waals surface area contributed by atoms with Gasteiger partial charge in [-0.05, 0) is 25.8 Å². The minimum atomic E-state index is -0.716. The van der Waals surface area contributed by atoms with Crippen LogP contribution in [0.4, 0.5) is 5.95 Å². The second kappa shape index (κ2) is 4.40. The van der Waals surface area contributed by atoms with Crippen LogP contribution in [0.2, 0.25) is 0 Å². The van der Waals surface area contributed by atoms with E-state index in [1.165, 1.54) is 0 Å². The SMILES string of the molecule is Cc1cc(C2(O)CC2)nc(N2C[C@H]3CN(C=O)C[C@H]3C2)n1. The van der Waals surface area contributed by atoms with Gasteiger partial charge in [0.05, 0.1) is 5.69 Å². The second-order valence-corrected chi connectivity index (χ2v) is 6.71. The van der Waals surface area contributed by atoms with Crippen LogP contribution in [0.5, 0.6) is 0 Å². The van der Waals surface area contributed by atoms with Gasteiger partial charge < -0.3 is 14.9 Å². The van der Waals surface area contributed by atoms with Gasteiger partial charge in [0.2, 0.25) is 12.4 Å². The first-order chi connectivity index (χ1) is 10.1. The van der Waals surface area contributed by atoms with Gasteiger partial charge in [-0.2, -0.15) is 0 Å². The Labute approximate surface area is 123 Å². The maximum Gasteiger partial charge on any atom is 0.225 e. The highest BCUT2D eigenvalue weighted by molar-refractivity contribution is 5.48. The van der Waals surface area contributed by atoms with E-state index in [-0.39, 0.29) is 0 Å². The molecule has 0 aromatic carbocycles. The molecule has 2 aliphatic heterocycles. The van der Waals surface area contributed by atoms with E-state index < -0.39 is 5.60 Å². The normalized spacial score (nSPS) is 29.6. The largest absolute Gasteiger partial charge is 0.384 e. The van der Waals surface area contributed by atoms with E-state index in [1.54, 1.807) is 0 Å². The molecule has 3 fully saturated rings. The van der Waals surface area contributed by atoms with Crippen LogP contribution < -0.4 is 4.90 Å². The van der Waals surface area contributed by atoms with Crippen molar-refractivity contribution in [3.63, 3.8) is 0 Å². The third-order valence-corrected chi connectivity index (χ3v) is 4.99. The van der Waals surface area contributed by atoms with Gasteiger partial charge in [0.15, 0.2) is 0 Å². The number of aliphatic hydroxyl groups is 1. The van der Waals surface area contributed by atoms with Crippen molar-refractivity contribution in [2.24, 2.45) is 11.8 Å². The molecule has 4 rings (SSSR count). The van der Waals surface area contributed by atoms with E-state index in [1.807, 2.05) is 17.9 Å². The highest BCUT2D eigenvalue weighted by Crippen LogP contribution is 2.45. The van der Waals surface area contributed by atoms with Crippen molar-refractivity contribution in [2.45, 2.75) is 25.4 Å². The van der Waals surface area contributed by atoms with Crippen LogP contribution >= 0.6 is 0 Å². The number of rotatable bonds is 3. The Morgan fingerprint density at radius 1 is 1.24 bits per heavy atom. The van der Waals surface area contributed by atoms with Crippen molar-refractivity contribution >= 4 is 12.4 Å². The number of carbonyl (C=O) groups excluding carboxylic acids is 1. The Morgan fingerprint density at radius 2 is 1.90 bits per heavy atom. The lowest BCUT2D eigenvalue weighted by atomic mass is 10.0. The third kappa shape index (κ3) is 2.18. The summed E-state index contributed by atoms with van der Waals surface area (Å²) < 4.78 is 0. The highest BCUT2D eigenvalue weighted by atomic mass is 16.3. The third-order valence-electron chi connectivity index (χ3n) is 4.99. The summed E-state index contributed by atoms with van der Waals surface area (Å²) in [7, 11) is 0. The zero-order chi connectivity index (χ0) is 14.6. The minimum absolute atomic E-state index is 0.520. The number of hydrogen-bond acceptors (Lipinski definition) is 5. The fourth-order valence-electron chi connectivity index (χ4n) is 3.59. The van der Waals surface area contributed by atoms with E-state index in [0.29, 0.717) is 11.8 Å². The zero-order valence-corrected chi connectivity index (χ0v) is 12.2. The van der Waals surface area contributed by atoms with Gasteiger partial charge in [-0.1, -0.05) is 0 Å². The molecule has 0 spiro atoms. The molecular weight excluding hydrogens is 268 g/mol. The van der Waals surface area contributed by atoms with Crippen LogP contribution in [-0.4, -0.2) is 52.6 Å². The number of likely N-dealkylation sites (tertiary alicyclic amines) is 1. The number of aryl methyl sites for hydroxylation is 1. The number of anilines is 1. The maximum absolute atomic E-state index is 10.9. The van der Waals surface area contributed by atoms with E-state index in [4.69, 9.17) is 0 Å². The summed E-state index contributed by atoms with van der Waals surface area (Å²) in [6.45, 7) is 5.43. The van der Waals surface area contributed by atoms with Crippen molar-refractivity contribution in [1.82, 2.24) is 14.9 Å². The molecule has 21 heavy (non-hydrogen) atoms. The molecule has 112 valence electrons. The first kappa shape index (κ1) is 13.0. The maximum atomic E-state index is 10.9. The van der Waals surface area contributed by atoms with Gasteiger partial charge in [0.1, 0.15) is 5.60 Å². The Balaban J connectivity index is 1.56. The van der Waals surface area contributed by atoms with Crippen LogP contribution in [0.15, 0.2) is 6.07 Å². The van der Waals surface area contributed by atoms with Crippen molar-refractivity contribution in [2.75, 3.05) is 31.1 Å². The highest BCUT2D eigenvalue weighted by Gasteiger charge is 2.45. The minimum Gasteiger partial charge on any atom is -0.384 e. The molecule has 1 N–H and O–H groups in total. The van der Waals surface area contributed by atoms with Crippen molar-refractivity contribution in [3.05, 3.63) is 17.5 Å². The van der Waals surface area contributed by atoms with Crippen LogP contribution in [0.25, 0.3) is 0 Å². The predicted octanol–water partition coefficient (Wildman–Crippen LogP) is 0.291. The van der Waals surface area contributed by atoms with Gasteiger partial charge in [0, 0.05) is 43.7 Å². The van der Waals surface area contributed by atoms with E-state index in [0.717, 1.165) is 62.8 Å². The van der Waals surface area contributed by atoms with Gasteiger partial charge in [-0.25, -0.2) is 9.97 Å². The van der Waals surface area contributed by atoms with Gasteiger partial charge in [-0.15, -0.1) is 0 Å².